The third-order valence-electron chi connectivity index (χ3n) is 1.84. The van der Waals surface area contributed by atoms with Crippen molar-refractivity contribution >= 4 is 28.5 Å². The molecule has 1 aromatic carbocycles. The lowest BCUT2D eigenvalue weighted by atomic mass is 10.3. The maximum absolute atomic E-state index is 5.26. The molecule has 0 amide bonds. The van der Waals surface area contributed by atoms with Crippen LogP contribution in [0.5, 0.6) is 0 Å². The lowest BCUT2D eigenvalue weighted by molar-refractivity contribution is 0.171. The van der Waals surface area contributed by atoms with E-state index in [0.717, 1.165) is 24.7 Å². The molecule has 2 rings (SSSR count). The quantitative estimate of drug-likeness (QED) is 0.835. The zero-order valence-corrected chi connectivity index (χ0v) is 9.48. The molecule has 0 aliphatic carbocycles. The summed E-state index contributed by atoms with van der Waals surface area (Å²) < 4.78 is 5.26. The number of halogens is 1. The Labute approximate surface area is 94.0 Å². The number of hydrogen-bond acceptors (Lipinski definition) is 3. The fourth-order valence-electron chi connectivity index (χ4n) is 1.22. The van der Waals surface area contributed by atoms with Gasteiger partial charge in [-0.2, -0.15) is 0 Å². The monoisotopic (exact) mass is 256 g/mol. The zero-order chi connectivity index (χ0) is 8.93. The van der Waals surface area contributed by atoms with Crippen LogP contribution in [0.1, 0.15) is 0 Å². The van der Waals surface area contributed by atoms with E-state index in [1.165, 1.54) is 0 Å². The molecule has 0 saturated heterocycles. The molecule has 0 fully saturated rings. The number of nitrogens with one attached hydrogen (secondary N) is 1. The topological polar surface area (TPSA) is 33.6 Å². The standard InChI is InChI=1S/C10H12N2O.BrH/c1-2-4-9(5-3-1)12-10-8-13-7-6-11-10;/h1-5H,6-8H2,(H,11,12);1H. The van der Waals surface area contributed by atoms with Gasteiger partial charge in [0.25, 0.3) is 0 Å². The van der Waals surface area contributed by atoms with Gasteiger partial charge in [0.05, 0.1) is 13.2 Å². The lowest BCUT2D eigenvalue weighted by Gasteiger charge is -2.14. The molecule has 1 aliphatic rings. The van der Waals surface area contributed by atoms with E-state index < -0.39 is 0 Å². The molecule has 1 aromatic rings. The van der Waals surface area contributed by atoms with Crippen molar-refractivity contribution < 1.29 is 4.74 Å². The van der Waals surface area contributed by atoms with E-state index in [4.69, 9.17) is 4.74 Å². The fourth-order valence-corrected chi connectivity index (χ4v) is 1.22. The summed E-state index contributed by atoms with van der Waals surface area (Å²) in [5.74, 6) is 0.914. The number of nitrogens with zero attached hydrogens (tertiary/aromatic N) is 1. The number of hydrogen-bond donors (Lipinski definition) is 1. The van der Waals surface area contributed by atoms with Crippen molar-refractivity contribution in [1.29, 1.82) is 0 Å². The van der Waals surface area contributed by atoms with Crippen molar-refractivity contribution in [3.05, 3.63) is 30.3 Å². The van der Waals surface area contributed by atoms with E-state index in [9.17, 15) is 0 Å². The first-order chi connectivity index (χ1) is 6.45. The van der Waals surface area contributed by atoms with Crippen molar-refractivity contribution in [2.75, 3.05) is 25.1 Å². The van der Waals surface area contributed by atoms with E-state index >= 15 is 0 Å². The third kappa shape index (κ3) is 3.12. The Hall–Kier alpha value is -0.870. The smallest absolute Gasteiger partial charge is 0.127 e. The van der Waals surface area contributed by atoms with Gasteiger partial charge in [0.1, 0.15) is 12.4 Å². The van der Waals surface area contributed by atoms with E-state index in [1.807, 2.05) is 30.3 Å². The first-order valence-corrected chi connectivity index (χ1v) is 4.38. The molecule has 0 unspecified atom stereocenters. The summed E-state index contributed by atoms with van der Waals surface area (Å²) in [6.45, 7) is 2.09. The maximum atomic E-state index is 5.26. The second-order valence-corrected chi connectivity index (χ2v) is 2.87. The molecular formula is C10H13BrN2O. The molecule has 3 nitrogen and oxygen atoms in total. The second kappa shape index (κ2) is 5.78. The minimum Gasteiger partial charge on any atom is -0.372 e. The maximum Gasteiger partial charge on any atom is 0.127 e. The summed E-state index contributed by atoms with van der Waals surface area (Å²) in [5.41, 5.74) is 1.06. The molecule has 1 heterocycles. The van der Waals surface area contributed by atoms with Gasteiger partial charge >= 0.3 is 0 Å². The largest absolute Gasteiger partial charge is 0.372 e. The highest BCUT2D eigenvalue weighted by atomic mass is 79.9. The van der Waals surface area contributed by atoms with E-state index in [-0.39, 0.29) is 17.0 Å². The van der Waals surface area contributed by atoms with Gasteiger partial charge in [0, 0.05) is 5.69 Å². The van der Waals surface area contributed by atoms with Crippen LogP contribution < -0.4 is 5.32 Å². The summed E-state index contributed by atoms with van der Waals surface area (Å²) in [6.07, 6.45) is 0. The minimum absolute atomic E-state index is 0. The van der Waals surface area contributed by atoms with E-state index in [2.05, 4.69) is 10.3 Å². The number of ether oxygens (including phenoxy) is 1. The van der Waals surface area contributed by atoms with Gasteiger partial charge in [0.2, 0.25) is 0 Å². The van der Waals surface area contributed by atoms with Gasteiger partial charge in [-0.05, 0) is 12.1 Å². The molecule has 1 aliphatic heterocycles. The van der Waals surface area contributed by atoms with Crippen molar-refractivity contribution in [3.8, 4) is 0 Å². The highest BCUT2D eigenvalue weighted by Gasteiger charge is 2.04. The van der Waals surface area contributed by atoms with Crippen LogP contribution in [0.15, 0.2) is 35.3 Å². The molecule has 0 bridgehead atoms. The van der Waals surface area contributed by atoms with E-state index in [0.29, 0.717) is 6.61 Å². The Kier molecular flexibility index (Phi) is 4.62. The fraction of sp³-hybridized carbons (Fsp3) is 0.300. The molecular weight excluding hydrogens is 244 g/mol. The highest BCUT2D eigenvalue weighted by molar-refractivity contribution is 8.93. The van der Waals surface area contributed by atoms with Crippen molar-refractivity contribution in [2.24, 2.45) is 4.99 Å². The van der Waals surface area contributed by atoms with Crippen molar-refractivity contribution in [3.63, 3.8) is 0 Å². The number of para-hydroxylation sites is 1. The van der Waals surface area contributed by atoms with Crippen LogP contribution in [-0.4, -0.2) is 25.6 Å². The Morgan fingerprint density at radius 2 is 2.00 bits per heavy atom. The minimum atomic E-state index is 0. The van der Waals surface area contributed by atoms with Gasteiger partial charge in [-0.1, -0.05) is 18.2 Å². The second-order valence-electron chi connectivity index (χ2n) is 2.87. The number of amidine groups is 1. The number of aliphatic imine (C=N–C) groups is 1. The normalized spacial score (nSPS) is 15.3. The molecule has 0 radical (unpaired) electrons. The van der Waals surface area contributed by atoms with Gasteiger partial charge in [0.15, 0.2) is 0 Å². The number of benzene rings is 1. The SMILES string of the molecule is Br.c1ccc(NC2=NCCOC2)cc1. The summed E-state index contributed by atoms with van der Waals surface area (Å²) >= 11 is 0. The Morgan fingerprint density at radius 3 is 2.64 bits per heavy atom. The molecule has 0 saturated carbocycles. The van der Waals surface area contributed by atoms with Gasteiger partial charge in [-0.25, -0.2) is 0 Å². The first-order valence-electron chi connectivity index (χ1n) is 4.38. The van der Waals surface area contributed by atoms with Crippen LogP contribution in [0, 0.1) is 0 Å². The average molecular weight is 257 g/mol. The molecule has 0 aromatic heterocycles. The lowest BCUT2D eigenvalue weighted by Crippen LogP contribution is -2.24. The van der Waals surface area contributed by atoms with Crippen LogP contribution in [0.4, 0.5) is 5.69 Å². The van der Waals surface area contributed by atoms with Crippen LogP contribution >= 0.6 is 17.0 Å². The van der Waals surface area contributed by atoms with Crippen LogP contribution in [0.3, 0.4) is 0 Å². The zero-order valence-electron chi connectivity index (χ0n) is 7.77. The van der Waals surface area contributed by atoms with Crippen molar-refractivity contribution in [2.45, 2.75) is 0 Å². The Bertz CT molecular complexity index is 300. The summed E-state index contributed by atoms with van der Waals surface area (Å²) in [5, 5.41) is 3.21. The van der Waals surface area contributed by atoms with E-state index in [1.54, 1.807) is 0 Å². The van der Waals surface area contributed by atoms with Gasteiger partial charge in [-0.3, -0.25) is 4.99 Å². The molecule has 0 atom stereocenters. The first kappa shape index (κ1) is 11.2. The van der Waals surface area contributed by atoms with Crippen LogP contribution in [0.2, 0.25) is 0 Å². The Balaban J connectivity index is 0.000000980. The summed E-state index contributed by atoms with van der Waals surface area (Å²) in [6, 6.07) is 10.00. The van der Waals surface area contributed by atoms with Gasteiger partial charge in [-0.15, -0.1) is 17.0 Å². The Morgan fingerprint density at radius 1 is 1.21 bits per heavy atom. The predicted molar refractivity (Wildman–Crippen MR) is 63.5 cm³/mol. The third-order valence-corrected chi connectivity index (χ3v) is 1.84. The molecule has 4 heteroatoms. The molecule has 0 spiro atoms. The summed E-state index contributed by atoms with van der Waals surface area (Å²) in [4.78, 5) is 4.31. The van der Waals surface area contributed by atoms with Crippen LogP contribution in [-0.2, 0) is 4.74 Å². The molecule has 76 valence electrons. The molecule has 14 heavy (non-hydrogen) atoms. The number of anilines is 1. The summed E-state index contributed by atoms with van der Waals surface area (Å²) in [7, 11) is 0. The highest BCUT2D eigenvalue weighted by Crippen LogP contribution is 2.05. The van der Waals surface area contributed by atoms with Crippen molar-refractivity contribution in [1.82, 2.24) is 0 Å². The molecule has 1 N–H and O–H groups in total. The van der Waals surface area contributed by atoms with Gasteiger partial charge < -0.3 is 10.1 Å². The van der Waals surface area contributed by atoms with Crippen LogP contribution in [0.25, 0.3) is 0 Å². The average Bonchev–Trinajstić information content (AvgIpc) is 2.21. The number of rotatable bonds is 1. The predicted octanol–water partition coefficient (Wildman–Crippen LogP) is 2.11.